The van der Waals surface area contributed by atoms with E-state index >= 15 is 0 Å². The highest BCUT2D eigenvalue weighted by Gasteiger charge is 2.30. The Bertz CT molecular complexity index is 965. The molecule has 1 aromatic rings. The summed E-state index contributed by atoms with van der Waals surface area (Å²) >= 11 is 0. The first kappa shape index (κ1) is 32.1. The highest BCUT2D eigenvalue weighted by Crippen LogP contribution is 2.12. The fourth-order valence-electron chi connectivity index (χ4n) is 3.45. The van der Waals surface area contributed by atoms with Gasteiger partial charge in [-0.05, 0) is 42.9 Å². The third kappa shape index (κ3) is 11.9. The third-order valence-corrected chi connectivity index (χ3v) is 5.44. The normalized spacial score (nSPS) is 14.0. The Balaban J connectivity index is 3.03. The standard InChI is InChI=1S/C24H39N7O7/c1-13(2)10-18(22(36)31-19(23(37)38)11-14-5-7-15(33)8-6-14)30-21(35)17(4-3-9-28-24(26)27)29-20(34)16(25)12-32/h5-8,13,16-19,32-33H,3-4,9-12,25H2,1-2H3,(H,29,34)(H,30,35)(H,31,36)(H,37,38)(H4,26,27,28)/t16-,17-,18-,19-/m0/s1. The van der Waals surface area contributed by atoms with Crippen LogP contribution in [0.2, 0.25) is 0 Å². The number of aliphatic carboxylic acids is 1. The summed E-state index contributed by atoms with van der Waals surface area (Å²) in [4.78, 5) is 54.1. The van der Waals surface area contributed by atoms with Crippen molar-refractivity contribution < 1.29 is 34.5 Å². The second-order valence-electron chi connectivity index (χ2n) is 9.26. The molecule has 212 valence electrons. The van der Waals surface area contributed by atoms with Crippen LogP contribution in [0, 0.1) is 5.92 Å². The molecule has 0 aliphatic rings. The monoisotopic (exact) mass is 537 g/mol. The molecule has 0 aliphatic carbocycles. The first-order valence-corrected chi connectivity index (χ1v) is 12.2. The lowest BCUT2D eigenvalue weighted by Crippen LogP contribution is -2.57. The molecule has 1 rings (SSSR count). The molecule has 14 nitrogen and oxygen atoms in total. The van der Waals surface area contributed by atoms with Gasteiger partial charge in [-0.1, -0.05) is 26.0 Å². The van der Waals surface area contributed by atoms with Crippen LogP contribution in [-0.4, -0.2) is 82.3 Å². The molecule has 4 atom stereocenters. The van der Waals surface area contributed by atoms with Crippen LogP contribution in [0.25, 0.3) is 0 Å². The van der Waals surface area contributed by atoms with Crippen molar-refractivity contribution in [2.45, 2.75) is 63.7 Å². The van der Waals surface area contributed by atoms with Gasteiger partial charge < -0.3 is 48.5 Å². The number of phenolic OH excluding ortho intramolecular Hbond substituents is 1. The number of aliphatic hydroxyl groups excluding tert-OH is 1. The zero-order chi connectivity index (χ0) is 28.8. The van der Waals surface area contributed by atoms with E-state index in [1.165, 1.54) is 24.3 Å². The number of hydrogen-bond acceptors (Lipinski definition) is 8. The SMILES string of the molecule is CC(C)C[C@H](NC(=O)[C@H](CCCN=C(N)N)NC(=O)[C@@H](N)CO)C(=O)N[C@@H](Cc1ccc(O)cc1)C(=O)O. The molecule has 0 unspecified atom stereocenters. The van der Waals surface area contributed by atoms with Gasteiger partial charge in [-0.2, -0.15) is 0 Å². The predicted molar refractivity (Wildman–Crippen MR) is 140 cm³/mol. The molecule has 0 saturated heterocycles. The van der Waals surface area contributed by atoms with E-state index in [1.807, 2.05) is 13.8 Å². The molecule has 0 saturated carbocycles. The number of rotatable bonds is 16. The summed E-state index contributed by atoms with van der Waals surface area (Å²) in [6, 6.07) is 1.11. The Morgan fingerprint density at radius 2 is 1.47 bits per heavy atom. The van der Waals surface area contributed by atoms with Gasteiger partial charge in [-0.3, -0.25) is 19.4 Å². The van der Waals surface area contributed by atoms with Crippen LogP contribution in [0.3, 0.4) is 0 Å². The Labute approximate surface area is 221 Å². The van der Waals surface area contributed by atoms with Gasteiger partial charge in [-0.25, -0.2) is 4.79 Å². The predicted octanol–water partition coefficient (Wildman–Crippen LogP) is -2.11. The largest absolute Gasteiger partial charge is 0.508 e. The molecule has 0 fully saturated rings. The number of aromatic hydroxyl groups is 1. The van der Waals surface area contributed by atoms with Crippen LogP contribution in [0.5, 0.6) is 5.75 Å². The molecule has 14 heteroatoms. The summed E-state index contributed by atoms with van der Waals surface area (Å²) in [5.74, 6) is -3.61. The second kappa shape index (κ2) is 16.0. The molecule has 0 radical (unpaired) electrons. The fraction of sp³-hybridized carbons (Fsp3) is 0.542. The number of phenols is 1. The Morgan fingerprint density at radius 3 is 2.00 bits per heavy atom. The van der Waals surface area contributed by atoms with Crippen LogP contribution in [0.4, 0.5) is 0 Å². The molecule has 0 heterocycles. The number of carboxylic acids is 1. The summed E-state index contributed by atoms with van der Waals surface area (Å²) in [5, 5.41) is 35.7. The lowest BCUT2D eigenvalue weighted by molar-refractivity contribution is -0.142. The van der Waals surface area contributed by atoms with Crippen LogP contribution in [-0.2, 0) is 25.6 Å². The van der Waals surface area contributed by atoms with Gasteiger partial charge in [0.1, 0.15) is 29.9 Å². The summed E-state index contributed by atoms with van der Waals surface area (Å²) in [6.07, 6.45) is 0.542. The minimum atomic E-state index is -1.30. The van der Waals surface area contributed by atoms with Crippen LogP contribution < -0.4 is 33.2 Å². The van der Waals surface area contributed by atoms with Gasteiger partial charge in [0.15, 0.2) is 5.96 Å². The number of carbonyl (C=O) groups excluding carboxylic acids is 3. The summed E-state index contributed by atoms with van der Waals surface area (Å²) in [5.41, 5.74) is 16.7. The van der Waals surface area contributed by atoms with Gasteiger partial charge in [0, 0.05) is 13.0 Å². The van der Waals surface area contributed by atoms with Crippen molar-refractivity contribution in [1.29, 1.82) is 0 Å². The number of aliphatic imine (C=N–C) groups is 1. The molecular weight excluding hydrogens is 498 g/mol. The van der Waals surface area contributed by atoms with Gasteiger partial charge in [-0.15, -0.1) is 0 Å². The van der Waals surface area contributed by atoms with E-state index in [0.717, 1.165) is 0 Å². The number of hydrogen-bond donors (Lipinski definition) is 9. The average molecular weight is 538 g/mol. The van der Waals surface area contributed by atoms with E-state index in [0.29, 0.717) is 12.0 Å². The number of nitrogens with zero attached hydrogens (tertiary/aromatic N) is 1. The number of nitrogens with two attached hydrogens (primary N) is 3. The molecular formula is C24H39N7O7. The van der Waals surface area contributed by atoms with E-state index in [4.69, 9.17) is 22.3 Å². The third-order valence-electron chi connectivity index (χ3n) is 5.44. The van der Waals surface area contributed by atoms with Crippen molar-refractivity contribution in [3.05, 3.63) is 29.8 Å². The van der Waals surface area contributed by atoms with E-state index < -0.39 is 54.5 Å². The van der Waals surface area contributed by atoms with Crippen molar-refractivity contribution in [2.24, 2.45) is 28.1 Å². The molecule has 12 N–H and O–H groups in total. The zero-order valence-corrected chi connectivity index (χ0v) is 21.6. The number of carbonyl (C=O) groups is 4. The second-order valence-corrected chi connectivity index (χ2v) is 9.26. The van der Waals surface area contributed by atoms with Crippen molar-refractivity contribution >= 4 is 29.7 Å². The molecule has 0 bridgehead atoms. The number of aliphatic hydroxyl groups is 1. The number of nitrogens with one attached hydrogen (secondary N) is 3. The summed E-state index contributed by atoms with van der Waals surface area (Å²) < 4.78 is 0. The van der Waals surface area contributed by atoms with Gasteiger partial charge in [0.25, 0.3) is 0 Å². The molecule has 0 spiro atoms. The van der Waals surface area contributed by atoms with E-state index in [2.05, 4.69) is 20.9 Å². The minimum absolute atomic E-state index is 0.0178. The van der Waals surface area contributed by atoms with E-state index in [1.54, 1.807) is 0 Å². The van der Waals surface area contributed by atoms with Crippen molar-refractivity contribution in [3.63, 3.8) is 0 Å². The number of guanidine groups is 1. The first-order valence-electron chi connectivity index (χ1n) is 12.2. The van der Waals surface area contributed by atoms with E-state index in [-0.39, 0.29) is 43.4 Å². The smallest absolute Gasteiger partial charge is 0.326 e. The zero-order valence-electron chi connectivity index (χ0n) is 21.6. The summed E-state index contributed by atoms with van der Waals surface area (Å²) in [6.45, 7) is 3.20. The van der Waals surface area contributed by atoms with Crippen LogP contribution >= 0.6 is 0 Å². The van der Waals surface area contributed by atoms with Gasteiger partial charge in [0.2, 0.25) is 17.7 Å². The first-order chi connectivity index (χ1) is 17.8. The number of carboxylic acid groups (broad SMARTS) is 1. The average Bonchev–Trinajstić information content (AvgIpc) is 2.84. The highest BCUT2D eigenvalue weighted by molar-refractivity contribution is 5.94. The number of benzene rings is 1. The Hall–Kier alpha value is -3.91. The Morgan fingerprint density at radius 1 is 0.921 bits per heavy atom. The molecule has 0 aliphatic heterocycles. The molecule has 38 heavy (non-hydrogen) atoms. The lowest BCUT2D eigenvalue weighted by atomic mass is 10.0. The van der Waals surface area contributed by atoms with Crippen LogP contribution in [0.15, 0.2) is 29.3 Å². The molecule has 1 aromatic carbocycles. The maximum Gasteiger partial charge on any atom is 0.326 e. The molecule has 0 aromatic heterocycles. The maximum atomic E-state index is 13.1. The maximum absolute atomic E-state index is 13.1. The van der Waals surface area contributed by atoms with E-state index in [9.17, 15) is 29.4 Å². The van der Waals surface area contributed by atoms with Gasteiger partial charge >= 0.3 is 5.97 Å². The van der Waals surface area contributed by atoms with Crippen molar-refractivity contribution in [1.82, 2.24) is 16.0 Å². The Kier molecular flexibility index (Phi) is 13.6. The van der Waals surface area contributed by atoms with Crippen molar-refractivity contribution in [2.75, 3.05) is 13.2 Å². The topological polar surface area (TPSA) is 255 Å². The summed E-state index contributed by atoms with van der Waals surface area (Å²) in [7, 11) is 0. The van der Waals surface area contributed by atoms with Crippen molar-refractivity contribution in [3.8, 4) is 5.75 Å². The minimum Gasteiger partial charge on any atom is -0.508 e. The lowest BCUT2D eigenvalue weighted by Gasteiger charge is -2.26. The number of amides is 3. The highest BCUT2D eigenvalue weighted by atomic mass is 16.4. The molecule has 3 amide bonds. The van der Waals surface area contributed by atoms with Crippen LogP contribution in [0.1, 0.15) is 38.7 Å². The quantitative estimate of drug-likeness (QED) is 0.0630. The fourth-order valence-corrected chi connectivity index (χ4v) is 3.45. The van der Waals surface area contributed by atoms with Gasteiger partial charge in [0.05, 0.1) is 6.61 Å².